The van der Waals surface area contributed by atoms with Crippen LogP contribution in [0.15, 0.2) is 36.4 Å². The van der Waals surface area contributed by atoms with Gasteiger partial charge in [-0.2, -0.15) is 0 Å². The van der Waals surface area contributed by atoms with Gasteiger partial charge in [-0.3, -0.25) is 9.59 Å². The summed E-state index contributed by atoms with van der Waals surface area (Å²) in [6.45, 7) is 3.40. The van der Waals surface area contributed by atoms with Crippen LogP contribution in [-0.2, 0) is 0 Å². The number of carbonyl (C=O) groups excluding carboxylic acids is 2. The van der Waals surface area contributed by atoms with Crippen LogP contribution in [0.25, 0.3) is 0 Å². The number of nitrogens with one attached hydrogen (secondary N) is 1. The SMILES string of the molecule is COc1cc(NC(=O)c2ccc(C)cc2)c(C(=O)N2CCCC2)cc1OC. The predicted octanol–water partition coefficient (Wildman–Crippen LogP) is 3.50. The van der Waals surface area contributed by atoms with Crippen molar-refractivity contribution < 1.29 is 19.1 Å². The molecule has 1 aliphatic rings. The number of likely N-dealkylation sites (tertiary alicyclic amines) is 1. The maximum Gasteiger partial charge on any atom is 0.256 e. The molecular weight excluding hydrogens is 344 g/mol. The van der Waals surface area contributed by atoms with Crippen molar-refractivity contribution in [3.8, 4) is 11.5 Å². The summed E-state index contributed by atoms with van der Waals surface area (Å²) in [4.78, 5) is 27.4. The first-order valence-corrected chi connectivity index (χ1v) is 8.97. The van der Waals surface area contributed by atoms with Gasteiger partial charge in [-0.05, 0) is 38.0 Å². The summed E-state index contributed by atoms with van der Waals surface area (Å²) in [6, 6.07) is 10.5. The summed E-state index contributed by atoms with van der Waals surface area (Å²) >= 11 is 0. The van der Waals surface area contributed by atoms with Crippen LogP contribution < -0.4 is 14.8 Å². The van der Waals surface area contributed by atoms with E-state index in [2.05, 4.69) is 5.32 Å². The second-order valence-corrected chi connectivity index (χ2v) is 6.57. The molecule has 0 radical (unpaired) electrons. The van der Waals surface area contributed by atoms with Gasteiger partial charge in [0.05, 0.1) is 25.5 Å². The molecular formula is C21H24N2O4. The third kappa shape index (κ3) is 4.05. The summed E-state index contributed by atoms with van der Waals surface area (Å²) in [5.74, 6) is 0.508. The van der Waals surface area contributed by atoms with Gasteiger partial charge in [-0.25, -0.2) is 0 Å². The molecule has 0 aromatic heterocycles. The molecule has 0 saturated carbocycles. The lowest BCUT2D eigenvalue weighted by molar-refractivity contribution is 0.0793. The van der Waals surface area contributed by atoms with Gasteiger partial charge in [0.2, 0.25) is 0 Å². The number of nitrogens with zero attached hydrogens (tertiary/aromatic N) is 1. The second-order valence-electron chi connectivity index (χ2n) is 6.57. The Bertz CT molecular complexity index is 840. The Balaban J connectivity index is 1.96. The van der Waals surface area contributed by atoms with Crippen molar-refractivity contribution in [2.45, 2.75) is 19.8 Å². The maximum absolute atomic E-state index is 13.0. The zero-order chi connectivity index (χ0) is 19.4. The first kappa shape index (κ1) is 18.8. The Hall–Kier alpha value is -3.02. The first-order valence-electron chi connectivity index (χ1n) is 8.97. The highest BCUT2D eigenvalue weighted by atomic mass is 16.5. The van der Waals surface area contributed by atoms with Gasteiger partial charge in [-0.15, -0.1) is 0 Å². The fraction of sp³-hybridized carbons (Fsp3) is 0.333. The molecule has 1 N–H and O–H groups in total. The van der Waals surface area contributed by atoms with Crippen molar-refractivity contribution in [3.05, 3.63) is 53.1 Å². The number of methoxy groups -OCH3 is 2. The minimum Gasteiger partial charge on any atom is -0.493 e. The average molecular weight is 368 g/mol. The van der Waals surface area contributed by atoms with Gasteiger partial charge in [0, 0.05) is 24.7 Å². The lowest BCUT2D eigenvalue weighted by atomic mass is 10.1. The highest BCUT2D eigenvalue weighted by Gasteiger charge is 2.25. The Morgan fingerprint density at radius 1 is 0.963 bits per heavy atom. The molecule has 27 heavy (non-hydrogen) atoms. The third-order valence-corrected chi connectivity index (χ3v) is 4.71. The van der Waals surface area contributed by atoms with E-state index in [4.69, 9.17) is 9.47 Å². The minimum absolute atomic E-state index is 0.118. The van der Waals surface area contributed by atoms with E-state index in [9.17, 15) is 9.59 Å². The highest BCUT2D eigenvalue weighted by molar-refractivity contribution is 6.09. The van der Waals surface area contributed by atoms with Crippen molar-refractivity contribution in [3.63, 3.8) is 0 Å². The Morgan fingerprint density at radius 3 is 2.15 bits per heavy atom. The molecule has 6 nitrogen and oxygen atoms in total. The average Bonchev–Trinajstić information content (AvgIpc) is 3.22. The van der Waals surface area contributed by atoms with E-state index in [0.29, 0.717) is 28.3 Å². The Morgan fingerprint density at radius 2 is 1.56 bits per heavy atom. The minimum atomic E-state index is -0.280. The monoisotopic (exact) mass is 368 g/mol. The molecule has 0 bridgehead atoms. The lowest BCUT2D eigenvalue weighted by Gasteiger charge is -2.20. The fourth-order valence-electron chi connectivity index (χ4n) is 3.15. The Labute approximate surface area is 159 Å². The third-order valence-electron chi connectivity index (χ3n) is 4.71. The van der Waals surface area contributed by atoms with E-state index >= 15 is 0 Å². The maximum atomic E-state index is 13.0. The topological polar surface area (TPSA) is 67.9 Å². The Kier molecular flexibility index (Phi) is 5.64. The second kappa shape index (κ2) is 8.12. The normalized spacial score (nSPS) is 13.4. The van der Waals surface area contributed by atoms with E-state index in [1.165, 1.54) is 14.2 Å². The van der Waals surface area contributed by atoms with Crippen molar-refractivity contribution in [1.29, 1.82) is 0 Å². The molecule has 1 aliphatic heterocycles. The zero-order valence-corrected chi connectivity index (χ0v) is 15.9. The molecule has 0 unspecified atom stereocenters. The number of hydrogen-bond donors (Lipinski definition) is 1. The summed E-state index contributed by atoms with van der Waals surface area (Å²) in [7, 11) is 3.04. The largest absolute Gasteiger partial charge is 0.493 e. The van der Waals surface area contributed by atoms with Crippen LogP contribution in [0.4, 0.5) is 5.69 Å². The standard InChI is InChI=1S/C21H24N2O4/c1-14-6-8-15(9-7-14)20(24)22-17-13-19(27-3)18(26-2)12-16(17)21(25)23-10-4-5-11-23/h6-9,12-13H,4-5,10-11H2,1-3H3,(H,22,24). The molecule has 2 aromatic carbocycles. The number of rotatable bonds is 5. The summed E-state index contributed by atoms with van der Waals surface area (Å²) < 4.78 is 10.7. The number of carbonyl (C=O) groups is 2. The van der Waals surface area contributed by atoms with E-state index < -0.39 is 0 Å². The van der Waals surface area contributed by atoms with E-state index in [1.54, 1.807) is 29.2 Å². The molecule has 1 heterocycles. The first-order chi connectivity index (χ1) is 13.0. The number of benzene rings is 2. The number of amides is 2. The number of aryl methyl sites for hydroxylation is 1. The predicted molar refractivity (Wildman–Crippen MR) is 104 cm³/mol. The van der Waals surface area contributed by atoms with E-state index in [0.717, 1.165) is 31.5 Å². The van der Waals surface area contributed by atoms with Crippen LogP contribution >= 0.6 is 0 Å². The van der Waals surface area contributed by atoms with Gasteiger partial charge >= 0.3 is 0 Å². The fourth-order valence-corrected chi connectivity index (χ4v) is 3.15. The van der Waals surface area contributed by atoms with E-state index in [1.807, 2.05) is 19.1 Å². The highest BCUT2D eigenvalue weighted by Crippen LogP contribution is 2.34. The van der Waals surface area contributed by atoms with Crippen LogP contribution in [0.2, 0.25) is 0 Å². The molecule has 6 heteroatoms. The van der Waals surface area contributed by atoms with Crippen LogP contribution in [0.5, 0.6) is 11.5 Å². The van der Waals surface area contributed by atoms with Crippen LogP contribution in [0.1, 0.15) is 39.1 Å². The van der Waals surface area contributed by atoms with Crippen molar-refractivity contribution >= 4 is 17.5 Å². The van der Waals surface area contributed by atoms with Crippen molar-refractivity contribution in [1.82, 2.24) is 4.90 Å². The lowest BCUT2D eigenvalue weighted by Crippen LogP contribution is -2.29. The van der Waals surface area contributed by atoms with Crippen LogP contribution in [-0.4, -0.2) is 44.0 Å². The summed E-state index contributed by atoms with van der Waals surface area (Å²) in [6.07, 6.45) is 1.98. The molecule has 1 saturated heterocycles. The van der Waals surface area contributed by atoms with Gasteiger partial charge in [-0.1, -0.05) is 17.7 Å². The number of anilines is 1. The van der Waals surface area contributed by atoms with Gasteiger partial charge < -0.3 is 19.7 Å². The molecule has 0 spiro atoms. The molecule has 1 fully saturated rings. The van der Waals surface area contributed by atoms with Gasteiger partial charge in [0.15, 0.2) is 11.5 Å². The molecule has 142 valence electrons. The molecule has 2 aromatic rings. The summed E-state index contributed by atoms with van der Waals surface area (Å²) in [5.41, 5.74) is 2.41. The van der Waals surface area contributed by atoms with Crippen LogP contribution in [0, 0.1) is 6.92 Å². The molecule has 3 rings (SSSR count). The number of hydrogen-bond acceptors (Lipinski definition) is 4. The van der Waals surface area contributed by atoms with Crippen LogP contribution in [0.3, 0.4) is 0 Å². The number of ether oxygens (including phenoxy) is 2. The summed E-state index contributed by atoms with van der Waals surface area (Å²) in [5, 5.41) is 2.85. The quantitative estimate of drug-likeness (QED) is 0.877. The smallest absolute Gasteiger partial charge is 0.256 e. The molecule has 0 atom stereocenters. The molecule has 2 amide bonds. The van der Waals surface area contributed by atoms with Crippen molar-refractivity contribution in [2.24, 2.45) is 0 Å². The van der Waals surface area contributed by atoms with Gasteiger partial charge in [0.1, 0.15) is 0 Å². The van der Waals surface area contributed by atoms with Gasteiger partial charge in [0.25, 0.3) is 11.8 Å². The zero-order valence-electron chi connectivity index (χ0n) is 15.9. The van der Waals surface area contributed by atoms with E-state index in [-0.39, 0.29) is 11.8 Å². The van der Waals surface area contributed by atoms with Crippen molar-refractivity contribution in [2.75, 3.05) is 32.6 Å². The molecule has 0 aliphatic carbocycles.